The fourth-order valence-electron chi connectivity index (χ4n) is 3.63. The third-order valence-electron chi connectivity index (χ3n) is 5.19. The lowest BCUT2D eigenvalue weighted by atomic mass is 9.81. The number of fused-ring (bicyclic) bond motifs is 1. The van der Waals surface area contributed by atoms with Crippen molar-refractivity contribution in [3.8, 4) is 28.6 Å². The van der Waals surface area contributed by atoms with E-state index in [2.05, 4.69) is 21.4 Å². The van der Waals surface area contributed by atoms with E-state index in [1.165, 1.54) is 4.68 Å². The van der Waals surface area contributed by atoms with Crippen LogP contribution in [-0.2, 0) is 7.05 Å². The zero-order chi connectivity index (χ0) is 20.1. The molecule has 4 aromatic rings. The molecule has 5 rings (SSSR count). The molecular formula is C18H15N9O2. The van der Waals surface area contributed by atoms with Crippen molar-refractivity contribution < 1.29 is 4.92 Å². The minimum atomic E-state index is -0.524. The molecule has 1 saturated carbocycles. The molecule has 0 amide bonds. The minimum absolute atomic E-state index is 0.0850. The Labute approximate surface area is 164 Å². The van der Waals surface area contributed by atoms with Crippen LogP contribution in [0.1, 0.15) is 18.9 Å². The average molecular weight is 389 g/mol. The zero-order valence-corrected chi connectivity index (χ0v) is 15.4. The summed E-state index contributed by atoms with van der Waals surface area (Å²) in [5.74, 6) is -0.174. The lowest BCUT2D eigenvalue weighted by molar-refractivity contribution is -0.389. The molecule has 1 aliphatic carbocycles. The summed E-state index contributed by atoms with van der Waals surface area (Å²) in [7, 11) is 1.63. The third-order valence-corrected chi connectivity index (χ3v) is 5.19. The summed E-state index contributed by atoms with van der Waals surface area (Å²) in [6, 6.07) is 4.31. The van der Waals surface area contributed by atoms with Crippen LogP contribution in [-0.4, -0.2) is 39.1 Å². The molecule has 1 aliphatic rings. The van der Waals surface area contributed by atoms with Crippen LogP contribution in [0.2, 0.25) is 0 Å². The molecule has 1 fully saturated rings. The number of nitrogens with zero attached hydrogens (tertiary/aromatic N) is 9. The van der Waals surface area contributed by atoms with Crippen LogP contribution in [0.25, 0.3) is 28.0 Å². The smallest absolute Gasteiger partial charge is 0.358 e. The first-order chi connectivity index (χ1) is 14.0. The quantitative estimate of drug-likeness (QED) is 0.386. The van der Waals surface area contributed by atoms with Gasteiger partial charge in [-0.25, -0.2) is 9.50 Å². The Morgan fingerprint density at radius 2 is 2.10 bits per heavy atom. The van der Waals surface area contributed by atoms with Crippen LogP contribution in [0.3, 0.4) is 0 Å². The van der Waals surface area contributed by atoms with Gasteiger partial charge in [-0.3, -0.25) is 4.68 Å². The number of hydrogen-bond acceptors (Lipinski definition) is 7. The molecule has 11 heteroatoms. The molecule has 0 aliphatic heterocycles. The fourth-order valence-corrected chi connectivity index (χ4v) is 3.63. The van der Waals surface area contributed by atoms with Crippen molar-refractivity contribution in [1.82, 2.24) is 34.2 Å². The molecule has 0 saturated heterocycles. The zero-order valence-electron chi connectivity index (χ0n) is 15.4. The van der Waals surface area contributed by atoms with Gasteiger partial charge in [-0.15, -0.1) is 0 Å². The topological polar surface area (TPSA) is 133 Å². The largest absolute Gasteiger partial charge is 0.399 e. The number of aromatic nitrogens is 7. The van der Waals surface area contributed by atoms with Crippen molar-refractivity contribution in [1.29, 1.82) is 5.26 Å². The lowest BCUT2D eigenvalue weighted by Gasteiger charge is -2.30. The molecule has 0 aromatic carbocycles. The predicted molar refractivity (Wildman–Crippen MR) is 100 cm³/mol. The number of aryl methyl sites for hydroxylation is 1. The molecule has 0 radical (unpaired) electrons. The summed E-state index contributed by atoms with van der Waals surface area (Å²) < 4.78 is 4.89. The van der Waals surface area contributed by atoms with Crippen molar-refractivity contribution in [2.24, 2.45) is 13.0 Å². The van der Waals surface area contributed by atoms with Crippen molar-refractivity contribution in [2.45, 2.75) is 18.9 Å². The first-order valence-corrected chi connectivity index (χ1v) is 9.00. The van der Waals surface area contributed by atoms with Crippen molar-refractivity contribution in [3.63, 3.8) is 0 Å². The summed E-state index contributed by atoms with van der Waals surface area (Å²) in [5, 5.41) is 33.0. The van der Waals surface area contributed by atoms with Crippen molar-refractivity contribution >= 4 is 11.3 Å². The second-order valence-electron chi connectivity index (χ2n) is 7.09. The number of rotatable bonds is 4. The van der Waals surface area contributed by atoms with Crippen molar-refractivity contribution in [3.05, 3.63) is 47.2 Å². The maximum Gasteiger partial charge on any atom is 0.399 e. The second-order valence-corrected chi connectivity index (χ2v) is 7.09. The summed E-state index contributed by atoms with van der Waals surface area (Å²) in [6.45, 7) is 0. The Morgan fingerprint density at radius 3 is 2.86 bits per heavy atom. The Kier molecular flexibility index (Phi) is 3.67. The molecule has 0 atom stereocenters. The maximum absolute atomic E-state index is 11.4. The standard InChI is InChI=1S/C18H15N9O2/c1-24-9-14(18(23-24)27(28)29)15-10-26-16(2-3-20-26)17(22-15)12-7-21-25(8-12)13-4-11(5-13)6-19/h2-3,7-11,13H,4-5H2,1H3. The van der Waals surface area contributed by atoms with Gasteiger partial charge in [-0.05, 0) is 23.8 Å². The molecular weight excluding hydrogens is 374 g/mol. The van der Waals surface area contributed by atoms with Crippen LogP contribution >= 0.6 is 0 Å². The first kappa shape index (κ1) is 17.1. The maximum atomic E-state index is 11.4. The summed E-state index contributed by atoms with van der Waals surface area (Å²) in [5.41, 5.74) is 2.89. The van der Waals surface area contributed by atoms with Gasteiger partial charge in [-0.2, -0.15) is 20.1 Å². The Hall–Kier alpha value is -4.07. The van der Waals surface area contributed by atoms with Crippen LogP contribution in [0.15, 0.2) is 37.1 Å². The predicted octanol–water partition coefficient (Wildman–Crippen LogP) is 2.38. The van der Waals surface area contributed by atoms with E-state index in [1.807, 2.05) is 16.9 Å². The molecule has 144 valence electrons. The molecule has 0 spiro atoms. The summed E-state index contributed by atoms with van der Waals surface area (Å²) >= 11 is 0. The highest BCUT2D eigenvalue weighted by atomic mass is 16.6. The summed E-state index contributed by atoms with van der Waals surface area (Å²) in [6.07, 6.45) is 10.1. The molecule has 29 heavy (non-hydrogen) atoms. The summed E-state index contributed by atoms with van der Waals surface area (Å²) in [4.78, 5) is 15.6. The number of nitriles is 1. The van der Waals surface area contributed by atoms with Crippen molar-refractivity contribution in [2.75, 3.05) is 0 Å². The van der Waals surface area contributed by atoms with Gasteiger partial charge >= 0.3 is 5.82 Å². The minimum Gasteiger partial charge on any atom is -0.358 e. The van der Waals surface area contributed by atoms with E-state index >= 15 is 0 Å². The fraction of sp³-hybridized carbons (Fsp3) is 0.278. The van der Waals surface area contributed by atoms with Gasteiger partial charge in [0.1, 0.15) is 5.56 Å². The first-order valence-electron chi connectivity index (χ1n) is 9.00. The molecule has 0 bridgehead atoms. The van der Waals surface area contributed by atoms with Gasteiger partial charge in [0.15, 0.2) is 0 Å². The van der Waals surface area contributed by atoms with E-state index in [0.29, 0.717) is 17.0 Å². The monoisotopic (exact) mass is 389 g/mol. The van der Waals surface area contributed by atoms with E-state index in [4.69, 9.17) is 10.2 Å². The van der Waals surface area contributed by atoms with Crippen LogP contribution in [0.5, 0.6) is 0 Å². The Morgan fingerprint density at radius 1 is 1.28 bits per heavy atom. The van der Waals surface area contributed by atoms with Gasteiger partial charge in [0.25, 0.3) is 0 Å². The van der Waals surface area contributed by atoms with Gasteiger partial charge in [0.05, 0.1) is 71.9 Å². The van der Waals surface area contributed by atoms with Crippen LogP contribution in [0, 0.1) is 27.4 Å². The Bertz CT molecular complexity index is 1290. The number of nitro groups is 1. The van der Waals surface area contributed by atoms with Gasteiger partial charge in [0, 0.05) is 11.8 Å². The molecule has 11 nitrogen and oxygen atoms in total. The van der Waals surface area contributed by atoms with E-state index in [9.17, 15) is 10.1 Å². The number of hydrogen-bond donors (Lipinski definition) is 0. The Balaban J connectivity index is 1.61. The van der Waals surface area contributed by atoms with Gasteiger partial charge in [0.2, 0.25) is 0 Å². The van der Waals surface area contributed by atoms with Gasteiger partial charge < -0.3 is 10.1 Å². The highest BCUT2D eigenvalue weighted by molar-refractivity contribution is 5.79. The molecule has 0 N–H and O–H groups in total. The second kappa shape index (κ2) is 6.23. The van der Waals surface area contributed by atoms with E-state index in [0.717, 1.165) is 23.9 Å². The average Bonchev–Trinajstić information content (AvgIpc) is 3.38. The third kappa shape index (κ3) is 2.73. The molecule has 4 aromatic heterocycles. The lowest BCUT2D eigenvalue weighted by Crippen LogP contribution is -2.25. The molecule has 4 heterocycles. The van der Waals surface area contributed by atoms with E-state index in [-0.39, 0.29) is 17.8 Å². The van der Waals surface area contributed by atoms with Crippen LogP contribution < -0.4 is 0 Å². The SMILES string of the molecule is Cn1cc(-c2cn3nccc3c(-c3cnn(C4CC(C#N)C4)c3)n2)c([N+](=O)[O-])n1. The van der Waals surface area contributed by atoms with E-state index in [1.54, 1.807) is 36.4 Å². The van der Waals surface area contributed by atoms with E-state index < -0.39 is 4.92 Å². The highest BCUT2D eigenvalue weighted by Gasteiger charge is 2.31. The highest BCUT2D eigenvalue weighted by Crippen LogP contribution is 2.38. The molecule has 0 unspecified atom stereocenters. The van der Waals surface area contributed by atoms with Gasteiger partial charge in [-0.1, -0.05) is 0 Å². The van der Waals surface area contributed by atoms with Crippen LogP contribution in [0.4, 0.5) is 5.82 Å². The normalized spacial score (nSPS) is 18.5.